The third-order valence-electron chi connectivity index (χ3n) is 5.00. The summed E-state index contributed by atoms with van der Waals surface area (Å²) in [4.78, 5) is 25.2. The van der Waals surface area contributed by atoms with E-state index in [9.17, 15) is 9.59 Å². The number of ether oxygens (including phenoxy) is 3. The zero-order valence-electron chi connectivity index (χ0n) is 17.3. The van der Waals surface area contributed by atoms with Crippen molar-refractivity contribution in [2.45, 2.75) is 12.5 Å². The number of hydrogen-bond acceptors (Lipinski definition) is 6. The number of amides is 2. The second-order valence-corrected chi connectivity index (χ2v) is 6.92. The van der Waals surface area contributed by atoms with Crippen LogP contribution < -0.4 is 24.8 Å². The molecular weight excluding hydrogens is 400 g/mol. The molecule has 4 rings (SSSR count). The van der Waals surface area contributed by atoms with E-state index in [0.717, 1.165) is 5.56 Å². The number of fused-ring (bicyclic) bond motifs is 1. The molecule has 0 radical (unpaired) electrons. The molecule has 1 unspecified atom stereocenters. The summed E-state index contributed by atoms with van der Waals surface area (Å²) in [5.74, 6) is 1.63. The molecule has 2 heterocycles. The maximum absolute atomic E-state index is 13.0. The summed E-state index contributed by atoms with van der Waals surface area (Å²) in [5, 5.41) is 10.2. The molecule has 31 heavy (non-hydrogen) atoms. The number of carbonyl (C=O) groups excluding carboxylic acids is 2. The van der Waals surface area contributed by atoms with Crippen LogP contribution in [0, 0.1) is 0 Å². The lowest BCUT2D eigenvalue weighted by Gasteiger charge is -2.23. The first-order valence-corrected chi connectivity index (χ1v) is 9.59. The number of nitrogens with one attached hydrogen (secondary N) is 2. The summed E-state index contributed by atoms with van der Waals surface area (Å²) in [7, 11) is 4.67. The van der Waals surface area contributed by atoms with E-state index in [1.165, 1.54) is 4.68 Å². The number of methoxy groups -OCH3 is 3. The fraction of sp³-hybridized carbons (Fsp3) is 0.227. The first kappa shape index (κ1) is 20.3. The van der Waals surface area contributed by atoms with Crippen LogP contribution in [0.4, 0.5) is 11.5 Å². The minimum absolute atomic E-state index is 0.0180. The molecule has 2 amide bonds. The van der Waals surface area contributed by atoms with Gasteiger partial charge in [0.2, 0.25) is 11.8 Å². The van der Waals surface area contributed by atoms with Gasteiger partial charge in [-0.2, -0.15) is 5.10 Å². The Morgan fingerprint density at radius 3 is 2.61 bits per heavy atom. The fourth-order valence-electron chi connectivity index (χ4n) is 3.45. The Bertz CT molecular complexity index is 1140. The first-order valence-electron chi connectivity index (χ1n) is 9.59. The zero-order valence-corrected chi connectivity index (χ0v) is 17.3. The molecule has 3 aromatic rings. The smallest absolute Gasteiger partial charge is 0.249 e. The van der Waals surface area contributed by atoms with Gasteiger partial charge in [-0.05, 0) is 30.3 Å². The molecule has 9 nitrogen and oxygen atoms in total. The van der Waals surface area contributed by atoms with Gasteiger partial charge in [-0.15, -0.1) is 0 Å². The largest absolute Gasteiger partial charge is 0.497 e. The topological polar surface area (TPSA) is 104 Å². The SMILES string of the molecule is COc1cccc(NC(=O)C2CC(=O)Nc3cc(-c4ccc(OC)c(OC)c4)nn32)c1. The predicted molar refractivity (Wildman–Crippen MR) is 115 cm³/mol. The Labute approximate surface area is 178 Å². The van der Waals surface area contributed by atoms with Crippen molar-refractivity contribution in [3.05, 3.63) is 48.5 Å². The van der Waals surface area contributed by atoms with Gasteiger partial charge in [0.1, 0.15) is 17.6 Å². The number of carbonyl (C=O) groups is 2. The van der Waals surface area contributed by atoms with E-state index in [4.69, 9.17) is 14.2 Å². The van der Waals surface area contributed by atoms with Crippen LogP contribution in [0.3, 0.4) is 0 Å². The molecule has 2 N–H and O–H groups in total. The number of aromatic nitrogens is 2. The van der Waals surface area contributed by atoms with Gasteiger partial charge in [0.15, 0.2) is 11.5 Å². The number of rotatable bonds is 6. The molecular formula is C22H22N4O5. The monoisotopic (exact) mass is 422 g/mol. The number of anilines is 2. The molecule has 2 aromatic carbocycles. The van der Waals surface area contributed by atoms with Gasteiger partial charge in [0.05, 0.1) is 33.4 Å². The van der Waals surface area contributed by atoms with Crippen LogP contribution >= 0.6 is 0 Å². The van der Waals surface area contributed by atoms with Crippen molar-refractivity contribution in [2.75, 3.05) is 32.0 Å². The van der Waals surface area contributed by atoms with Gasteiger partial charge < -0.3 is 24.8 Å². The van der Waals surface area contributed by atoms with Gasteiger partial charge in [-0.3, -0.25) is 9.59 Å². The molecule has 0 aliphatic carbocycles. The van der Waals surface area contributed by atoms with E-state index >= 15 is 0 Å². The van der Waals surface area contributed by atoms with Crippen molar-refractivity contribution >= 4 is 23.3 Å². The van der Waals surface area contributed by atoms with E-state index in [0.29, 0.717) is 34.4 Å². The third-order valence-corrected chi connectivity index (χ3v) is 5.00. The van der Waals surface area contributed by atoms with Crippen molar-refractivity contribution < 1.29 is 23.8 Å². The molecule has 1 atom stereocenters. The average molecular weight is 422 g/mol. The summed E-state index contributed by atoms with van der Waals surface area (Å²) >= 11 is 0. The molecule has 0 bridgehead atoms. The Morgan fingerprint density at radius 2 is 1.87 bits per heavy atom. The highest BCUT2D eigenvalue weighted by molar-refractivity contribution is 6.01. The maximum Gasteiger partial charge on any atom is 0.249 e. The van der Waals surface area contributed by atoms with Crippen LogP contribution in [-0.4, -0.2) is 42.9 Å². The zero-order chi connectivity index (χ0) is 22.0. The summed E-state index contributed by atoms with van der Waals surface area (Å²) in [6.45, 7) is 0. The lowest BCUT2D eigenvalue weighted by molar-refractivity contribution is -0.125. The molecule has 1 aliphatic heterocycles. The normalized spacial score (nSPS) is 14.9. The van der Waals surface area contributed by atoms with Crippen LogP contribution in [0.5, 0.6) is 17.2 Å². The predicted octanol–water partition coefficient (Wildman–Crippen LogP) is 3.10. The highest BCUT2D eigenvalue weighted by Gasteiger charge is 2.32. The minimum atomic E-state index is -0.788. The highest BCUT2D eigenvalue weighted by Crippen LogP contribution is 2.35. The van der Waals surface area contributed by atoms with Crippen molar-refractivity contribution in [2.24, 2.45) is 0 Å². The molecule has 1 aromatic heterocycles. The summed E-state index contributed by atoms with van der Waals surface area (Å²) < 4.78 is 17.4. The highest BCUT2D eigenvalue weighted by atomic mass is 16.5. The summed E-state index contributed by atoms with van der Waals surface area (Å²) in [6, 6.07) is 13.4. The lowest BCUT2D eigenvalue weighted by Crippen LogP contribution is -2.35. The number of hydrogen-bond donors (Lipinski definition) is 2. The Balaban J connectivity index is 1.64. The molecule has 160 valence electrons. The Hall–Kier alpha value is -4.01. The van der Waals surface area contributed by atoms with Crippen molar-refractivity contribution in [1.29, 1.82) is 0 Å². The summed E-state index contributed by atoms with van der Waals surface area (Å²) in [6.07, 6.45) is -0.0180. The minimum Gasteiger partial charge on any atom is -0.497 e. The van der Waals surface area contributed by atoms with Gasteiger partial charge in [0.25, 0.3) is 0 Å². The van der Waals surface area contributed by atoms with Crippen LogP contribution in [0.2, 0.25) is 0 Å². The maximum atomic E-state index is 13.0. The van der Waals surface area contributed by atoms with Crippen molar-refractivity contribution in [1.82, 2.24) is 9.78 Å². The van der Waals surface area contributed by atoms with Crippen LogP contribution in [0.15, 0.2) is 48.5 Å². The molecule has 9 heteroatoms. The lowest BCUT2D eigenvalue weighted by atomic mass is 10.1. The molecule has 1 aliphatic rings. The second-order valence-electron chi connectivity index (χ2n) is 6.92. The molecule has 0 fully saturated rings. The van der Waals surface area contributed by atoms with Gasteiger partial charge in [0, 0.05) is 23.4 Å². The first-order chi connectivity index (χ1) is 15.0. The summed E-state index contributed by atoms with van der Waals surface area (Å²) in [5.41, 5.74) is 1.93. The van der Waals surface area contributed by atoms with Gasteiger partial charge >= 0.3 is 0 Å². The van der Waals surface area contributed by atoms with E-state index in [1.807, 2.05) is 6.07 Å². The fourth-order valence-corrected chi connectivity index (χ4v) is 3.45. The van der Waals surface area contributed by atoms with E-state index < -0.39 is 6.04 Å². The second kappa shape index (κ2) is 8.39. The number of nitrogens with zero attached hydrogens (tertiary/aromatic N) is 2. The Morgan fingerprint density at radius 1 is 1.06 bits per heavy atom. The third kappa shape index (κ3) is 4.02. The molecule has 0 saturated carbocycles. The van der Waals surface area contributed by atoms with Gasteiger partial charge in [-0.25, -0.2) is 4.68 Å². The van der Waals surface area contributed by atoms with Crippen LogP contribution in [0.1, 0.15) is 12.5 Å². The number of benzene rings is 2. The average Bonchev–Trinajstić information content (AvgIpc) is 3.21. The van der Waals surface area contributed by atoms with Crippen LogP contribution in [-0.2, 0) is 9.59 Å². The van der Waals surface area contributed by atoms with E-state index in [2.05, 4.69) is 15.7 Å². The van der Waals surface area contributed by atoms with Gasteiger partial charge in [-0.1, -0.05) is 6.07 Å². The van der Waals surface area contributed by atoms with Crippen LogP contribution in [0.25, 0.3) is 11.3 Å². The standard InChI is InChI=1S/C22H22N4O5/c1-29-15-6-4-5-14(10-15)23-22(28)17-12-21(27)24-20-11-16(25-26(17)20)13-7-8-18(30-2)19(9-13)31-3/h4-11,17H,12H2,1-3H3,(H,23,28)(H,24,27). The molecule has 0 spiro atoms. The van der Waals surface area contributed by atoms with E-state index in [-0.39, 0.29) is 18.2 Å². The van der Waals surface area contributed by atoms with Crippen molar-refractivity contribution in [3.8, 4) is 28.5 Å². The Kier molecular flexibility index (Phi) is 5.48. The molecule has 0 saturated heterocycles. The van der Waals surface area contributed by atoms with Crippen molar-refractivity contribution in [3.63, 3.8) is 0 Å². The van der Waals surface area contributed by atoms with E-state index in [1.54, 1.807) is 63.8 Å². The quantitative estimate of drug-likeness (QED) is 0.633.